The van der Waals surface area contributed by atoms with E-state index in [1.54, 1.807) is 11.3 Å². The Morgan fingerprint density at radius 3 is 2.89 bits per heavy atom. The zero-order valence-corrected chi connectivity index (χ0v) is 12.2. The molecular formula is C14H21NO2S. The van der Waals surface area contributed by atoms with Crippen molar-refractivity contribution in [3.05, 3.63) is 16.1 Å². The molecule has 18 heavy (non-hydrogen) atoms. The number of Topliss-reactive ketones (excluding diaryl/α,β-unsaturated/α-hetero) is 1. The second-order valence-electron chi connectivity index (χ2n) is 5.93. The lowest BCUT2D eigenvalue weighted by Crippen LogP contribution is -2.15. The van der Waals surface area contributed by atoms with Gasteiger partial charge >= 0.3 is 0 Å². The van der Waals surface area contributed by atoms with Crippen LogP contribution in [0.5, 0.6) is 0 Å². The van der Waals surface area contributed by atoms with Gasteiger partial charge in [0.1, 0.15) is 10.8 Å². The lowest BCUT2D eigenvalue weighted by Gasteiger charge is -2.14. The van der Waals surface area contributed by atoms with Crippen LogP contribution >= 0.6 is 11.3 Å². The van der Waals surface area contributed by atoms with E-state index in [1.807, 2.05) is 0 Å². The molecule has 1 fully saturated rings. The van der Waals surface area contributed by atoms with Crippen molar-refractivity contribution >= 4 is 17.1 Å². The van der Waals surface area contributed by atoms with E-state index in [1.165, 1.54) is 0 Å². The quantitative estimate of drug-likeness (QED) is 0.841. The Balaban J connectivity index is 1.88. The van der Waals surface area contributed by atoms with Crippen molar-refractivity contribution in [1.82, 2.24) is 4.98 Å². The maximum atomic E-state index is 11.9. The molecule has 0 N–H and O–H groups in total. The molecule has 0 amide bonds. The van der Waals surface area contributed by atoms with Crippen LogP contribution in [0.3, 0.4) is 0 Å². The summed E-state index contributed by atoms with van der Waals surface area (Å²) >= 11 is 1.59. The van der Waals surface area contributed by atoms with Crippen molar-refractivity contribution in [3.63, 3.8) is 0 Å². The van der Waals surface area contributed by atoms with Crippen LogP contribution in [0.4, 0.5) is 0 Å². The number of hydrogen-bond donors (Lipinski definition) is 0. The third-order valence-electron chi connectivity index (χ3n) is 3.15. The predicted octanol–water partition coefficient (Wildman–Crippen LogP) is 3.12. The van der Waals surface area contributed by atoms with Crippen LogP contribution in [0.25, 0.3) is 0 Å². The number of ether oxygens (including phenoxy) is 1. The highest BCUT2D eigenvalue weighted by Gasteiger charge is 2.21. The summed E-state index contributed by atoms with van der Waals surface area (Å²) in [6.07, 6.45) is 3.27. The summed E-state index contributed by atoms with van der Waals surface area (Å²) in [6, 6.07) is 0. The van der Waals surface area contributed by atoms with Gasteiger partial charge in [0, 0.05) is 23.8 Å². The monoisotopic (exact) mass is 267 g/mol. The number of nitrogens with zero attached hydrogens (tertiary/aromatic N) is 1. The zero-order valence-electron chi connectivity index (χ0n) is 11.4. The molecule has 3 nitrogen and oxygen atoms in total. The van der Waals surface area contributed by atoms with Gasteiger partial charge in [0.25, 0.3) is 0 Å². The van der Waals surface area contributed by atoms with Crippen molar-refractivity contribution in [2.24, 2.45) is 0 Å². The average molecular weight is 267 g/mol. The Kier molecular flexibility index (Phi) is 4.17. The van der Waals surface area contributed by atoms with E-state index >= 15 is 0 Å². The number of thiazole rings is 1. The van der Waals surface area contributed by atoms with Crippen LogP contribution < -0.4 is 0 Å². The van der Waals surface area contributed by atoms with E-state index in [2.05, 4.69) is 31.1 Å². The normalized spacial score (nSPS) is 20.3. The molecule has 1 aromatic heterocycles. The molecule has 2 heterocycles. The van der Waals surface area contributed by atoms with Crippen LogP contribution in [0.2, 0.25) is 0 Å². The molecule has 1 aromatic rings. The largest absolute Gasteiger partial charge is 0.378 e. The lowest BCUT2D eigenvalue weighted by molar-refractivity contribution is -0.120. The fourth-order valence-corrected chi connectivity index (χ4v) is 3.09. The van der Waals surface area contributed by atoms with Crippen LogP contribution in [0, 0.1) is 0 Å². The van der Waals surface area contributed by atoms with E-state index in [9.17, 15) is 4.79 Å². The van der Waals surface area contributed by atoms with Gasteiger partial charge in [-0.05, 0) is 12.8 Å². The van der Waals surface area contributed by atoms with Gasteiger partial charge in [-0.3, -0.25) is 4.79 Å². The molecule has 0 spiro atoms. The second-order valence-corrected chi connectivity index (χ2v) is 6.87. The molecule has 0 aromatic carbocycles. The van der Waals surface area contributed by atoms with Crippen molar-refractivity contribution in [3.8, 4) is 0 Å². The van der Waals surface area contributed by atoms with E-state index in [0.29, 0.717) is 12.8 Å². The molecule has 1 atom stereocenters. The number of carbonyl (C=O) groups is 1. The van der Waals surface area contributed by atoms with Crippen molar-refractivity contribution in [2.75, 3.05) is 6.61 Å². The molecule has 0 aliphatic carbocycles. The van der Waals surface area contributed by atoms with Crippen LogP contribution in [-0.2, 0) is 21.4 Å². The molecule has 4 heteroatoms. The highest BCUT2D eigenvalue weighted by Crippen LogP contribution is 2.24. The van der Waals surface area contributed by atoms with Gasteiger partial charge in [-0.15, -0.1) is 11.3 Å². The van der Waals surface area contributed by atoms with Crippen molar-refractivity contribution in [2.45, 2.75) is 58.0 Å². The number of carbonyl (C=O) groups excluding carboxylic acids is 1. The fraction of sp³-hybridized carbons (Fsp3) is 0.714. The van der Waals surface area contributed by atoms with Gasteiger partial charge in [0.15, 0.2) is 0 Å². The highest BCUT2D eigenvalue weighted by atomic mass is 32.1. The minimum atomic E-state index is 0.0619. The molecule has 1 aliphatic rings. The molecule has 100 valence electrons. The van der Waals surface area contributed by atoms with Crippen molar-refractivity contribution < 1.29 is 9.53 Å². The number of aromatic nitrogens is 1. The van der Waals surface area contributed by atoms with Gasteiger partial charge in [-0.2, -0.15) is 0 Å². The molecule has 0 saturated carbocycles. The Labute approximate surface area is 113 Å². The molecule has 1 aliphatic heterocycles. The Hall–Kier alpha value is -0.740. The Morgan fingerprint density at radius 2 is 2.33 bits per heavy atom. The smallest absolute Gasteiger partial charge is 0.142 e. The number of hydrogen-bond acceptors (Lipinski definition) is 4. The summed E-state index contributed by atoms with van der Waals surface area (Å²) < 4.78 is 5.48. The average Bonchev–Trinajstić information content (AvgIpc) is 2.87. The summed E-state index contributed by atoms with van der Waals surface area (Å²) in [6.45, 7) is 7.23. The minimum Gasteiger partial charge on any atom is -0.378 e. The van der Waals surface area contributed by atoms with Gasteiger partial charge in [0.05, 0.1) is 18.2 Å². The number of rotatable bonds is 4. The summed E-state index contributed by atoms with van der Waals surface area (Å²) in [4.78, 5) is 16.5. The van der Waals surface area contributed by atoms with E-state index in [4.69, 9.17) is 4.74 Å². The first kappa shape index (κ1) is 13.7. The SMILES string of the molecule is CC(C)(C)c1csc(CC(=O)CC2CCCO2)n1. The van der Waals surface area contributed by atoms with E-state index < -0.39 is 0 Å². The molecule has 0 radical (unpaired) electrons. The minimum absolute atomic E-state index is 0.0619. The maximum absolute atomic E-state index is 11.9. The zero-order chi connectivity index (χ0) is 13.2. The Morgan fingerprint density at radius 1 is 1.56 bits per heavy atom. The summed E-state index contributed by atoms with van der Waals surface area (Å²) in [5.74, 6) is 0.247. The molecular weight excluding hydrogens is 246 g/mol. The first-order chi connectivity index (χ1) is 8.45. The van der Waals surface area contributed by atoms with Gasteiger partial charge in [-0.25, -0.2) is 4.98 Å². The van der Waals surface area contributed by atoms with E-state index in [-0.39, 0.29) is 17.3 Å². The summed E-state index contributed by atoms with van der Waals surface area (Å²) in [7, 11) is 0. The standard InChI is InChI=1S/C14H21NO2S/c1-14(2,3)12-9-18-13(15-12)8-10(16)7-11-5-4-6-17-11/h9,11H,4-8H2,1-3H3. The van der Waals surface area contributed by atoms with Crippen LogP contribution in [0.1, 0.15) is 50.7 Å². The van der Waals surface area contributed by atoms with Crippen LogP contribution in [-0.4, -0.2) is 23.5 Å². The fourth-order valence-electron chi connectivity index (χ4n) is 2.04. The third-order valence-corrected chi connectivity index (χ3v) is 4.00. The first-order valence-corrected chi connectivity index (χ1v) is 7.41. The predicted molar refractivity (Wildman–Crippen MR) is 73.1 cm³/mol. The lowest BCUT2D eigenvalue weighted by atomic mass is 9.93. The molecule has 0 bridgehead atoms. The van der Waals surface area contributed by atoms with Gasteiger partial charge in [-0.1, -0.05) is 20.8 Å². The van der Waals surface area contributed by atoms with E-state index in [0.717, 1.165) is 30.2 Å². The van der Waals surface area contributed by atoms with Crippen LogP contribution in [0.15, 0.2) is 5.38 Å². The van der Waals surface area contributed by atoms with Gasteiger partial charge in [0.2, 0.25) is 0 Å². The molecule has 1 unspecified atom stereocenters. The number of ketones is 1. The first-order valence-electron chi connectivity index (χ1n) is 6.53. The Bertz CT molecular complexity index is 414. The van der Waals surface area contributed by atoms with Gasteiger partial charge < -0.3 is 4.74 Å². The third kappa shape index (κ3) is 3.62. The topological polar surface area (TPSA) is 39.2 Å². The summed E-state index contributed by atoms with van der Waals surface area (Å²) in [5.41, 5.74) is 1.14. The highest BCUT2D eigenvalue weighted by molar-refractivity contribution is 7.09. The second kappa shape index (κ2) is 5.49. The van der Waals surface area contributed by atoms with Crippen molar-refractivity contribution in [1.29, 1.82) is 0 Å². The summed E-state index contributed by atoms with van der Waals surface area (Å²) in [5, 5.41) is 3.00. The molecule has 1 saturated heterocycles. The maximum Gasteiger partial charge on any atom is 0.142 e. The molecule has 2 rings (SSSR count).